The molecule has 1 aliphatic rings. The zero-order valence-corrected chi connectivity index (χ0v) is 11.2. The third-order valence-corrected chi connectivity index (χ3v) is 3.37. The van der Waals surface area contributed by atoms with Crippen molar-refractivity contribution in [3.05, 3.63) is 18.0 Å². The summed E-state index contributed by atoms with van der Waals surface area (Å²) in [7, 11) is 1.67. The lowest BCUT2D eigenvalue weighted by atomic mass is 10.1. The quantitative estimate of drug-likeness (QED) is 0.793. The minimum Gasteiger partial charge on any atom is -0.379 e. The van der Waals surface area contributed by atoms with Crippen molar-refractivity contribution < 1.29 is 14.3 Å². The fraction of sp³-hybridized carbons (Fsp3) is 0.692. The first-order chi connectivity index (χ1) is 9.29. The zero-order valence-electron chi connectivity index (χ0n) is 11.2. The van der Waals surface area contributed by atoms with Gasteiger partial charge in [0.15, 0.2) is 0 Å². The number of aromatic amines is 1. The van der Waals surface area contributed by atoms with E-state index in [1.165, 1.54) is 0 Å². The summed E-state index contributed by atoms with van der Waals surface area (Å²) in [6.45, 7) is 1.23. The van der Waals surface area contributed by atoms with E-state index >= 15 is 0 Å². The van der Waals surface area contributed by atoms with Gasteiger partial charge in [-0.25, -0.2) is 0 Å². The number of nitrogens with one attached hydrogen (secondary N) is 2. The van der Waals surface area contributed by atoms with Gasteiger partial charge in [-0.3, -0.25) is 9.89 Å². The maximum Gasteiger partial charge on any atom is 0.220 e. The average Bonchev–Trinajstić information content (AvgIpc) is 2.92. The third kappa shape index (κ3) is 4.33. The van der Waals surface area contributed by atoms with Gasteiger partial charge in [0.1, 0.15) is 0 Å². The molecule has 6 nitrogen and oxygen atoms in total. The van der Waals surface area contributed by atoms with Crippen molar-refractivity contribution in [3.8, 4) is 0 Å². The Morgan fingerprint density at radius 1 is 1.68 bits per heavy atom. The van der Waals surface area contributed by atoms with Crippen LogP contribution in [-0.4, -0.2) is 48.6 Å². The molecule has 0 bridgehead atoms. The molecule has 0 aromatic carbocycles. The lowest BCUT2D eigenvalue weighted by Crippen LogP contribution is -2.50. The molecule has 1 saturated heterocycles. The van der Waals surface area contributed by atoms with Crippen LogP contribution in [0.25, 0.3) is 0 Å². The molecule has 0 unspecified atom stereocenters. The number of ether oxygens (including phenoxy) is 2. The Balaban J connectivity index is 1.68. The number of nitrogens with zero attached hydrogens (tertiary/aromatic N) is 1. The molecule has 0 spiro atoms. The van der Waals surface area contributed by atoms with E-state index < -0.39 is 0 Å². The summed E-state index contributed by atoms with van der Waals surface area (Å²) in [4.78, 5) is 11.9. The number of methoxy groups -OCH3 is 1. The SMILES string of the molecule is CO[C@@H]1CCOC[C@H]1NC(=O)CCCc1cn[nH]c1. The maximum atomic E-state index is 11.9. The number of amides is 1. The first kappa shape index (κ1) is 14.0. The van der Waals surface area contributed by atoms with Crippen LogP contribution >= 0.6 is 0 Å². The largest absolute Gasteiger partial charge is 0.379 e. The maximum absolute atomic E-state index is 11.9. The van der Waals surface area contributed by atoms with Crippen molar-refractivity contribution in [1.29, 1.82) is 0 Å². The van der Waals surface area contributed by atoms with Crippen LogP contribution in [0.5, 0.6) is 0 Å². The van der Waals surface area contributed by atoms with Crippen molar-refractivity contribution in [3.63, 3.8) is 0 Å². The fourth-order valence-corrected chi connectivity index (χ4v) is 2.28. The van der Waals surface area contributed by atoms with Crippen LogP contribution < -0.4 is 5.32 Å². The number of H-pyrrole nitrogens is 1. The van der Waals surface area contributed by atoms with Gasteiger partial charge in [-0.2, -0.15) is 5.10 Å². The highest BCUT2D eigenvalue weighted by Gasteiger charge is 2.26. The summed E-state index contributed by atoms with van der Waals surface area (Å²) >= 11 is 0. The fourth-order valence-electron chi connectivity index (χ4n) is 2.28. The van der Waals surface area contributed by atoms with E-state index in [9.17, 15) is 4.79 Å². The molecule has 2 heterocycles. The van der Waals surface area contributed by atoms with E-state index in [1.54, 1.807) is 13.3 Å². The summed E-state index contributed by atoms with van der Waals surface area (Å²) < 4.78 is 10.7. The third-order valence-electron chi connectivity index (χ3n) is 3.37. The summed E-state index contributed by atoms with van der Waals surface area (Å²) in [5.41, 5.74) is 1.13. The van der Waals surface area contributed by atoms with E-state index in [-0.39, 0.29) is 18.1 Å². The Labute approximate surface area is 112 Å². The van der Waals surface area contributed by atoms with E-state index in [2.05, 4.69) is 15.5 Å². The van der Waals surface area contributed by atoms with E-state index in [0.717, 1.165) is 24.8 Å². The summed E-state index contributed by atoms with van der Waals surface area (Å²) in [5.74, 6) is 0.0565. The van der Waals surface area contributed by atoms with Gasteiger partial charge in [0.25, 0.3) is 0 Å². The molecule has 1 aliphatic heterocycles. The van der Waals surface area contributed by atoms with Crippen LogP contribution in [0.3, 0.4) is 0 Å². The molecule has 1 fully saturated rings. The van der Waals surface area contributed by atoms with Crippen LogP contribution in [0.1, 0.15) is 24.8 Å². The topological polar surface area (TPSA) is 76.2 Å². The van der Waals surface area contributed by atoms with Crippen molar-refractivity contribution in [2.24, 2.45) is 0 Å². The first-order valence-corrected chi connectivity index (χ1v) is 6.67. The van der Waals surface area contributed by atoms with Crippen molar-refractivity contribution >= 4 is 5.91 Å². The minimum atomic E-state index is -0.0276. The number of carbonyl (C=O) groups excluding carboxylic acids is 1. The highest BCUT2D eigenvalue weighted by Crippen LogP contribution is 2.11. The Morgan fingerprint density at radius 2 is 2.58 bits per heavy atom. The second-order valence-electron chi connectivity index (χ2n) is 4.77. The number of aromatic nitrogens is 2. The molecule has 2 N–H and O–H groups in total. The molecule has 0 radical (unpaired) electrons. The van der Waals surface area contributed by atoms with Gasteiger partial charge in [0.2, 0.25) is 5.91 Å². The van der Waals surface area contributed by atoms with Crippen LogP contribution in [-0.2, 0) is 20.7 Å². The lowest BCUT2D eigenvalue weighted by Gasteiger charge is -2.31. The molecule has 0 saturated carbocycles. The summed E-state index contributed by atoms with van der Waals surface area (Å²) in [6.07, 6.45) is 6.72. The van der Waals surface area contributed by atoms with Crippen LogP contribution in [0.4, 0.5) is 0 Å². The first-order valence-electron chi connectivity index (χ1n) is 6.67. The highest BCUT2D eigenvalue weighted by atomic mass is 16.5. The molecule has 2 rings (SSSR count). The minimum absolute atomic E-state index is 0.0276. The van der Waals surface area contributed by atoms with Crippen LogP contribution in [0, 0.1) is 0 Å². The summed E-state index contributed by atoms with van der Waals surface area (Å²) in [5, 5.41) is 9.63. The highest BCUT2D eigenvalue weighted by molar-refractivity contribution is 5.76. The van der Waals surface area contributed by atoms with Gasteiger partial charge in [-0.15, -0.1) is 0 Å². The van der Waals surface area contributed by atoms with Gasteiger partial charge in [0.05, 0.1) is 24.9 Å². The predicted molar refractivity (Wildman–Crippen MR) is 69.7 cm³/mol. The van der Waals surface area contributed by atoms with Gasteiger partial charge in [-0.1, -0.05) is 0 Å². The molecule has 6 heteroatoms. The molecular weight excluding hydrogens is 246 g/mol. The predicted octanol–water partition coefficient (Wildman–Crippen LogP) is 0.652. The molecule has 1 aromatic rings. The smallest absolute Gasteiger partial charge is 0.220 e. The van der Waals surface area contributed by atoms with Crippen molar-refractivity contribution in [2.45, 2.75) is 37.8 Å². The number of rotatable bonds is 6. The number of hydrogen-bond acceptors (Lipinski definition) is 4. The number of hydrogen-bond donors (Lipinski definition) is 2. The Bertz CT molecular complexity index is 380. The van der Waals surface area contributed by atoms with Gasteiger partial charge in [-0.05, 0) is 24.8 Å². The molecular formula is C13H21N3O3. The van der Waals surface area contributed by atoms with Gasteiger partial charge in [0, 0.05) is 26.3 Å². The standard InChI is InChI=1S/C13H21N3O3/c1-18-12-5-6-19-9-11(12)16-13(17)4-2-3-10-7-14-15-8-10/h7-8,11-12H,2-6,9H2,1H3,(H,14,15)(H,16,17)/t11-,12-/m1/s1. The monoisotopic (exact) mass is 267 g/mol. The van der Waals surface area contributed by atoms with E-state index in [4.69, 9.17) is 9.47 Å². The van der Waals surface area contributed by atoms with Gasteiger partial charge >= 0.3 is 0 Å². The van der Waals surface area contributed by atoms with Gasteiger partial charge < -0.3 is 14.8 Å². The van der Waals surface area contributed by atoms with Crippen LogP contribution in [0.15, 0.2) is 12.4 Å². The Hall–Kier alpha value is -1.40. The Morgan fingerprint density at radius 3 is 3.32 bits per heavy atom. The van der Waals surface area contributed by atoms with E-state index in [0.29, 0.717) is 19.6 Å². The molecule has 19 heavy (non-hydrogen) atoms. The molecule has 1 amide bonds. The zero-order chi connectivity index (χ0) is 13.5. The normalized spacial score (nSPS) is 23.2. The number of carbonyl (C=O) groups is 1. The summed E-state index contributed by atoms with van der Waals surface area (Å²) in [6, 6.07) is -0.0276. The molecule has 1 aromatic heterocycles. The second kappa shape index (κ2) is 7.25. The molecule has 0 aliphatic carbocycles. The van der Waals surface area contributed by atoms with Crippen LogP contribution in [0.2, 0.25) is 0 Å². The lowest BCUT2D eigenvalue weighted by molar-refractivity contribution is -0.125. The average molecular weight is 267 g/mol. The number of aryl methyl sites for hydroxylation is 1. The van der Waals surface area contributed by atoms with Crippen molar-refractivity contribution in [2.75, 3.05) is 20.3 Å². The molecule has 2 atom stereocenters. The van der Waals surface area contributed by atoms with Crippen molar-refractivity contribution in [1.82, 2.24) is 15.5 Å². The Kier molecular flexibility index (Phi) is 5.35. The van der Waals surface area contributed by atoms with E-state index in [1.807, 2.05) is 6.20 Å². The molecule has 106 valence electrons. The second-order valence-corrected chi connectivity index (χ2v) is 4.77.